The van der Waals surface area contributed by atoms with Gasteiger partial charge in [0.1, 0.15) is 5.69 Å². The average molecular weight is 279 g/mol. The largest absolute Gasteiger partial charge is 0.326 e. The number of nitrogens with zero attached hydrogens (tertiary/aromatic N) is 3. The fourth-order valence-corrected chi connectivity index (χ4v) is 2.97. The highest BCUT2D eigenvalue weighted by Gasteiger charge is 2.17. The molecule has 0 aliphatic heterocycles. The van der Waals surface area contributed by atoms with Gasteiger partial charge >= 0.3 is 0 Å². The van der Waals surface area contributed by atoms with Crippen LogP contribution in [0, 0.1) is 20.8 Å². The number of fused-ring (bicyclic) bond motifs is 1. The van der Waals surface area contributed by atoms with E-state index in [4.69, 9.17) is 9.97 Å². The number of pyridine rings is 1. The van der Waals surface area contributed by atoms with E-state index in [0.29, 0.717) is 0 Å². The van der Waals surface area contributed by atoms with E-state index >= 15 is 0 Å². The van der Waals surface area contributed by atoms with Gasteiger partial charge in [-0.2, -0.15) is 0 Å². The Labute approximate surface area is 125 Å². The topological polar surface area (TPSA) is 30.7 Å². The third kappa shape index (κ3) is 2.04. The summed E-state index contributed by atoms with van der Waals surface area (Å²) in [5, 5.41) is 0. The molecule has 0 unspecified atom stereocenters. The van der Waals surface area contributed by atoms with E-state index in [9.17, 15) is 0 Å². The standard InChI is InChI=1S/C18H21N3/c1-6-14-12(3)11(2)13(4)19-17(14)18-20-15-9-7-8-10-16(15)21(18)5/h7-10H,6H2,1-5H3. The zero-order chi connectivity index (χ0) is 15.1. The second-order valence-corrected chi connectivity index (χ2v) is 5.61. The molecule has 0 atom stereocenters. The van der Waals surface area contributed by atoms with Gasteiger partial charge in [-0.3, -0.25) is 0 Å². The summed E-state index contributed by atoms with van der Waals surface area (Å²) in [5.74, 6) is 0.958. The van der Waals surface area contributed by atoms with Crippen LogP contribution in [0.2, 0.25) is 0 Å². The van der Waals surface area contributed by atoms with Crippen molar-refractivity contribution in [2.75, 3.05) is 0 Å². The first-order valence-electron chi connectivity index (χ1n) is 7.43. The number of aryl methyl sites for hydroxylation is 2. The van der Waals surface area contributed by atoms with Crippen LogP contribution in [0.25, 0.3) is 22.6 Å². The van der Waals surface area contributed by atoms with Crippen molar-refractivity contribution in [3.05, 3.63) is 46.6 Å². The Hall–Kier alpha value is -2.16. The third-order valence-corrected chi connectivity index (χ3v) is 4.48. The molecule has 0 aliphatic rings. The summed E-state index contributed by atoms with van der Waals surface area (Å²) in [6, 6.07) is 8.23. The number of rotatable bonds is 2. The fraction of sp³-hybridized carbons (Fsp3) is 0.333. The lowest BCUT2D eigenvalue weighted by Gasteiger charge is -2.14. The first-order valence-corrected chi connectivity index (χ1v) is 7.43. The molecule has 0 fully saturated rings. The summed E-state index contributed by atoms with van der Waals surface area (Å²) in [6.07, 6.45) is 0.971. The monoisotopic (exact) mass is 279 g/mol. The number of imidazole rings is 1. The van der Waals surface area contributed by atoms with E-state index in [2.05, 4.69) is 51.4 Å². The van der Waals surface area contributed by atoms with Crippen molar-refractivity contribution < 1.29 is 0 Å². The van der Waals surface area contributed by atoms with Crippen molar-refractivity contribution in [1.29, 1.82) is 0 Å². The van der Waals surface area contributed by atoms with E-state index in [1.807, 2.05) is 12.1 Å². The quantitative estimate of drug-likeness (QED) is 0.706. The molecule has 0 bridgehead atoms. The Balaban J connectivity index is 2.35. The van der Waals surface area contributed by atoms with Crippen molar-refractivity contribution in [2.45, 2.75) is 34.1 Å². The number of benzene rings is 1. The predicted molar refractivity (Wildman–Crippen MR) is 87.5 cm³/mol. The SMILES string of the molecule is CCc1c(-c2nc3ccccc3n2C)nc(C)c(C)c1C. The molecule has 2 aromatic heterocycles. The molecule has 108 valence electrons. The first kappa shape index (κ1) is 13.8. The Morgan fingerprint density at radius 2 is 1.71 bits per heavy atom. The maximum atomic E-state index is 4.85. The lowest BCUT2D eigenvalue weighted by atomic mass is 9.98. The second kappa shape index (κ2) is 4.99. The van der Waals surface area contributed by atoms with Crippen molar-refractivity contribution in [3.8, 4) is 11.5 Å². The molecule has 21 heavy (non-hydrogen) atoms. The molecule has 0 N–H and O–H groups in total. The Kier molecular flexibility index (Phi) is 3.28. The van der Waals surface area contributed by atoms with E-state index < -0.39 is 0 Å². The van der Waals surface area contributed by atoms with Gasteiger partial charge in [-0.15, -0.1) is 0 Å². The maximum absolute atomic E-state index is 4.85. The molecule has 3 heteroatoms. The summed E-state index contributed by atoms with van der Waals surface area (Å²) >= 11 is 0. The molecule has 0 saturated heterocycles. The number of hydrogen-bond donors (Lipinski definition) is 0. The number of hydrogen-bond acceptors (Lipinski definition) is 2. The molecular formula is C18H21N3. The van der Waals surface area contributed by atoms with E-state index in [0.717, 1.165) is 34.7 Å². The highest BCUT2D eigenvalue weighted by molar-refractivity contribution is 5.80. The Morgan fingerprint density at radius 1 is 1.00 bits per heavy atom. The zero-order valence-corrected chi connectivity index (χ0v) is 13.4. The van der Waals surface area contributed by atoms with Crippen LogP contribution in [0.1, 0.15) is 29.3 Å². The van der Waals surface area contributed by atoms with Gasteiger partial charge in [0.05, 0.1) is 11.0 Å². The minimum Gasteiger partial charge on any atom is -0.326 e. The van der Waals surface area contributed by atoms with Gasteiger partial charge in [-0.1, -0.05) is 19.1 Å². The van der Waals surface area contributed by atoms with E-state index in [1.165, 1.54) is 16.7 Å². The fourth-order valence-electron chi connectivity index (χ4n) is 2.97. The van der Waals surface area contributed by atoms with Crippen LogP contribution in [0.3, 0.4) is 0 Å². The maximum Gasteiger partial charge on any atom is 0.159 e. The van der Waals surface area contributed by atoms with Gasteiger partial charge in [0.2, 0.25) is 0 Å². The van der Waals surface area contributed by atoms with Gasteiger partial charge in [0, 0.05) is 12.7 Å². The lowest BCUT2D eigenvalue weighted by Crippen LogP contribution is -2.05. The minimum absolute atomic E-state index is 0.958. The molecule has 0 aliphatic carbocycles. The second-order valence-electron chi connectivity index (χ2n) is 5.61. The first-order chi connectivity index (χ1) is 10.0. The lowest BCUT2D eigenvalue weighted by molar-refractivity contribution is 0.929. The van der Waals surface area contributed by atoms with E-state index in [1.54, 1.807) is 0 Å². The Bertz CT molecular complexity index is 828. The summed E-state index contributed by atoms with van der Waals surface area (Å²) in [5.41, 5.74) is 8.21. The minimum atomic E-state index is 0.958. The highest BCUT2D eigenvalue weighted by atomic mass is 15.1. The molecule has 0 saturated carbocycles. The van der Waals surface area contributed by atoms with Gasteiger partial charge in [0.25, 0.3) is 0 Å². The van der Waals surface area contributed by atoms with Gasteiger partial charge in [0.15, 0.2) is 5.82 Å². The summed E-state index contributed by atoms with van der Waals surface area (Å²) in [4.78, 5) is 9.65. The van der Waals surface area contributed by atoms with Crippen LogP contribution in [0.4, 0.5) is 0 Å². The average Bonchev–Trinajstić information content (AvgIpc) is 2.82. The van der Waals surface area contributed by atoms with Crippen molar-refractivity contribution in [2.24, 2.45) is 7.05 Å². The van der Waals surface area contributed by atoms with Crippen molar-refractivity contribution in [3.63, 3.8) is 0 Å². The highest BCUT2D eigenvalue weighted by Crippen LogP contribution is 2.29. The zero-order valence-electron chi connectivity index (χ0n) is 13.4. The van der Waals surface area contributed by atoms with Crippen molar-refractivity contribution in [1.82, 2.24) is 14.5 Å². The van der Waals surface area contributed by atoms with E-state index in [-0.39, 0.29) is 0 Å². The van der Waals surface area contributed by atoms with Crippen molar-refractivity contribution >= 4 is 11.0 Å². The normalized spacial score (nSPS) is 11.3. The van der Waals surface area contributed by atoms with Crippen LogP contribution in [0.5, 0.6) is 0 Å². The molecule has 0 radical (unpaired) electrons. The molecule has 0 amide bonds. The molecular weight excluding hydrogens is 258 g/mol. The van der Waals surface area contributed by atoms with Gasteiger partial charge in [-0.25, -0.2) is 9.97 Å². The smallest absolute Gasteiger partial charge is 0.159 e. The molecule has 3 nitrogen and oxygen atoms in total. The van der Waals surface area contributed by atoms with Gasteiger partial charge in [-0.05, 0) is 56.0 Å². The third-order valence-electron chi connectivity index (χ3n) is 4.48. The van der Waals surface area contributed by atoms with Crippen LogP contribution >= 0.6 is 0 Å². The van der Waals surface area contributed by atoms with Crippen LogP contribution < -0.4 is 0 Å². The molecule has 0 spiro atoms. The summed E-state index contributed by atoms with van der Waals surface area (Å²) in [6.45, 7) is 8.60. The van der Waals surface area contributed by atoms with Crippen LogP contribution in [-0.4, -0.2) is 14.5 Å². The number of aromatic nitrogens is 3. The van der Waals surface area contributed by atoms with Gasteiger partial charge < -0.3 is 4.57 Å². The van der Waals surface area contributed by atoms with Crippen LogP contribution in [-0.2, 0) is 13.5 Å². The summed E-state index contributed by atoms with van der Waals surface area (Å²) < 4.78 is 2.14. The molecule has 3 rings (SSSR count). The van der Waals surface area contributed by atoms with Crippen LogP contribution in [0.15, 0.2) is 24.3 Å². The molecule has 3 aromatic rings. The summed E-state index contributed by atoms with van der Waals surface area (Å²) in [7, 11) is 2.07. The Morgan fingerprint density at radius 3 is 2.38 bits per heavy atom. The predicted octanol–water partition coefficient (Wildman–Crippen LogP) is 4.12. The molecule has 1 aromatic carbocycles. The number of para-hydroxylation sites is 2. The molecule has 2 heterocycles.